The fraction of sp³-hybridized carbons (Fsp3) is 0.688. The SMILES string of the molecule is CC(C)n1cc(Cl)cc1C(=O)N(C)C1CCCCC1CN. The summed E-state index contributed by atoms with van der Waals surface area (Å²) in [5, 5.41) is 0.611. The molecule has 0 aromatic carbocycles. The van der Waals surface area contributed by atoms with Gasteiger partial charge in [-0.15, -0.1) is 0 Å². The molecule has 118 valence electrons. The fourth-order valence-electron chi connectivity index (χ4n) is 3.35. The minimum absolute atomic E-state index is 0.0425. The lowest BCUT2D eigenvalue weighted by molar-refractivity contribution is 0.0608. The van der Waals surface area contributed by atoms with Crippen molar-refractivity contribution in [1.82, 2.24) is 9.47 Å². The van der Waals surface area contributed by atoms with Crippen LogP contribution in [0.1, 0.15) is 56.1 Å². The number of hydrogen-bond acceptors (Lipinski definition) is 2. The number of nitrogens with two attached hydrogens (primary N) is 1. The summed E-state index contributed by atoms with van der Waals surface area (Å²) in [7, 11) is 1.90. The van der Waals surface area contributed by atoms with Gasteiger partial charge >= 0.3 is 0 Å². The van der Waals surface area contributed by atoms with Gasteiger partial charge in [0.15, 0.2) is 0 Å². The zero-order chi connectivity index (χ0) is 15.6. The van der Waals surface area contributed by atoms with Gasteiger partial charge < -0.3 is 15.2 Å². The molecular weight excluding hydrogens is 286 g/mol. The van der Waals surface area contributed by atoms with Crippen LogP contribution in [0, 0.1) is 5.92 Å². The Balaban J connectivity index is 2.22. The van der Waals surface area contributed by atoms with Crippen molar-refractivity contribution >= 4 is 17.5 Å². The Labute approximate surface area is 132 Å². The number of rotatable bonds is 4. The maximum Gasteiger partial charge on any atom is 0.270 e. The van der Waals surface area contributed by atoms with Gasteiger partial charge in [-0.05, 0) is 45.2 Å². The summed E-state index contributed by atoms with van der Waals surface area (Å²) >= 11 is 6.09. The van der Waals surface area contributed by atoms with E-state index in [2.05, 4.69) is 13.8 Å². The standard InChI is InChI=1S/C16H26ClN3O/c1-11(2)20-10-13(17)8-15(20)16(21)19(3)14-7-5-4-6-12(14)9-18/h8,10-12,14H,4-7,9,18H2,1-3H3. The number of nitrogens with zero attached hydrogens (tertiary/aromatic N) is 2. The van der Waals surface area contributed by atoms with Gasteiger partial charge in [-0.25, -0.2) is 0 Å². The molecule has 2 rings (SSSR count). The van der Waals surface area contributed by atoms with Crippen molar-refractivity contribution in [2.45, 2.75) is 51.6 Å². The largest absolute Gasteiger partial charge is 0.339 e. The smallest absolute Gasteiger partial charge is 0.270 e. The molecule has 1 heterocycles. The molecule has 1 fully saturated rings. The number of aromatic nitrogens is 1. The lowest BCUT2D eigenvalue weighted by atomic mass is 9.83. The average Bonchev–Trinajstić information content (AvgIpc) is 2.88. The van der Waals surface area contributed by atoms with Crippen LogP contribution in [0.4, 0.5) is 0 Å². The van der Waals surface area contributed by atoms with Crippen molar-refractivity contribution in [2.24, 2.45) is 11.7 Å². The van der Waals surface area contributed by atoms with Crippen molar-refractivity contribution < 1.29 is 4.79 Å². The highest BCUT2D eigenvalue weighted by atomic mass is 35.5. The minimum atomic E-state index is 0.0425. The van der Waals surface area contributed by atoms with E-state index in [4.69, 9.17) is 17.3 Å². The summed E-state index contributed by atoms with van der Waals surface area (Å²) in [5.74, 6) is 0.451. The third kappa shape index (κ3) is 3.43. The summed E-state index contributed by atoms with van der Waals surface area (Å²) in [4.78, 5) is 14.7. The van der Waals surface area contributed by atoms with E-state index >= 15 is 0 Å². The van der Waals surface area contributed by atoms with Crippen LogP contribution < -0.4 is 5.73 Å². The van der Waals surface area contributed by atoms with E-state index in [0.717, 1.165) is 12.8 Å². The summed E-state index contributed by atoms with van der Waals surface area (Å²) in [5.41, 5.74) is 6.55. The molecule has 2 atom stereocenters. The van der Waals surface area contributed by atoms with E-state index in [9.17, 15) is 4.79 Å². The molecule has 1 aromatic rings. The molecule has 5 heteroatoms. The topological polar surface area (TPSA) is 51.3 Å². The van der Waals surface area contributed by atoms with E-state index in [1.54, 1.807) is 6.07 Å². The normalized spacial score (nSPS) is 22.6. The van der Waals surface area contributed by atoms with E-state index in [1.165, 1.54) is 12.8 Å². The first-order chi connectivity index (χ1) is 9.95. The maximum absolute atomic E-state index is 12.8. The van der Waals surface area contributed by atoms with Crippen LogP contribution in [-0.4, -0.2) is 35.0 Å². The Morgan fingerprint density at radius 2 is 2.14 bits per heavy atom. The highest BCUT2D eigenvalue weighted by Crippen LogP contribution is 2.29. The molecule has 1 amide bonds. The van der Waals surface area contributed by atoms with Crippen LogP contribution >= 0.6 is 11.6 Å². The van der Waals surface area contributed by atoms with Crippen molar-refractivity contribution in [3.8, 4) is 0 Å². The van der Waals surface area contributed by atoms with Crippen LogP contribution in [0.2, 0.25) is 5.02 Å². The van der Waals surface area contributed by atoms with Gasteiger partial charge in [-0.2, -0.15) is 0 Å². The molecule has 21 heavy (non-hydrogen) atoms. The molecule has 0 bridgehead atoms. The summed E-state index contributed by atoms with van der Waals surface area (Å²) in [6.45, 7) is 4.75. The highest BCUT2D eigenvalue weighted by Gasteiger charge is 2.31. The first-order valence-electron chi connectivity index (χ1n) is 7.80. The molecule has 0 aliphatic heterocycles. The van der Waals surface area contributed by atoms with Gasteiger partial charge in [-0.1, -0.05) is 24.4 Å². The van der Waals surface area contributed by atoms with Crippen molar-refractivity contribution in [2.75, 3.05) is 13.6 Å². The van der Waals surface area contributed by atoms with Crippen LogP contribution in [0.3, 0.4) is 0 Å². The van der Waals surface area contributed by atoms with Crippen LogP contribution in [-0.2, 0) is 0 Å². The molecule has 4 nitrogen and oxygen atoms in total. The van der Waals surface area contributed by atoms with E-state index in [0.29, 0.717) is 23.2 Å². The van der Waals surface area contributed by atoms with Crippen LogP contribution in [0.25, 0.3) is 0 Å². The Morgan fingerprint density at radius 1 is 1.48 bits per heavy atom. The number of amides is 1. The Bertz CT molecular complexity index is 498. The number of carbonyl (C=O) groups excluding carboxylic acids is 1. The lowest BCUT2D eigenvalue weighted by Gasteiger charge is -2.37. The second-order valence-electron chi connectivity index (χ2n) is 6.31. The van der Waals surface area contributed by atoms with Gasteiger partial charge in [0.25, 0.3) is 5.91 Å². The molecule has 1 aliphatic rings. The van der Waals surface area contributed by atoms with Crippen molar-refractivity contribution in [1.29, 1.82) is 0 Å². The first kappa shape index (κ1) is 16.4. The third-order valence-electron chi connectivity index (χ3n) is 4.58. The quantitative estimate of drug-likeness (QED) is 0.927. The zero-order valence-electron chi connectivity index (χ0n) is 13.2. The van der Waals surface area contributed by atoms with E-state index in [1.807, 2.05) is 22.7 Å². The Kier molecular flexibility index (Phi) is 5.33. The molecule has 2 N–H and O–H groups in total. The average molecular weight is 312 g/mol. The molecule has 0 spiro atoms. The maximum atomic E-state index is 12.8. The van der Waals surface area contributed by atoms with Crippen molar-refractivity contribution in [3.63, 3.8) is 0 Å². The highest BCUT2D eigenvalue weighted by molar-refractivity contribution is 6.31. The van der Waals surface area contributed by atoms with Gasteiger partial charge in [0.2, 0.25) is 0 Å². The minimum Gasteiger partial charge on any atom is -0.339 e. The van der Waals surface area contributed by atoms with E-state index < -0.39 is 0 Å². The molecule has 0 saturated heterocycles. The monoisotopic (exact) mass is 311 g/mol. The predicted octanol–water partition coefficient (Wildman–Crippen LogP) is 3.31. The molecule has 1 aliphatic carbocycles. The molecule has 2 unspecified atom stereocenters. The number of halogens is 1. The second-order valence-corrected chi connectivity index (χ2v) is 6.74. The van der Waals surface area contributed by atoms with Crippen LogP contribution in [0.15, 0.2) is 12.3 Å². The van der Waals surface area contributed by atoms with Gasteiger partial charge in [0.05, 0.1) is 5.02 Å². The summed E-state index contributed by atoms with van der Waals surface area (Å²) in [6.07, 6.45) is 6.37. The summed E-state index contributed by atoms with van der Waals surface area (Å²) in [6, 6.07) is 2.22. The lowest BCUT2D eigenvalue weighted by Crippen LogP contribution is -2.46. The zero-order valence-corrected chi connectivity index (χ0v) is 13.9. The molecule has 1 saturated carbocycles. The number of carbonyl (C=O) groups is 1. The first-order valence-corrected chi connectivity index (χ1v) is 8.18. The Morgan fingerprint density at radius 3 is 2.76 bits per heavy atom. The van der Waals surface area contributed by atoms with Gasteiger partial charge in [-0.3, -0.25) is 4.79 Å². The van der Waals surface area contributed by atoms with Crippen molar-refractivity contribution in [3.05, 3.63) is 23.0 Å². The molecule has 1 aromatic heterocycles. The molecule has 0 radical (unpaired) electrons. The Hall–Kier alpha value is -1.00. The van der Waals surface area contributed by atoms with Crippen LogP contribution in [0.5, 0.6) is 0 Å². The van der Waals surface area contributed by atoms with Gasteiger partial charge in [0.1, 0.15) is 5.69 Å². The number of hydrogen-bond donors (Lipinski definition) is 1. The summed E-state index contributed by atoms with van der Waals surface area (Å²) < 4.78 is 1.95. The second kappa shape index (κ2) is 6.84. The third-order valence-corrected chi connectivity index (χ3v) is 4.79. The molecular formula is C16H26ClN3O. The van der Waals surface area contributed by atoms with E-state index in [-0.39, 0.29) is 18.0 Å². The predicted molar refractivity (Wildman–Crippen MR) is 86.7 cm³/mol. The fourth-order valence-corrected chi connectivity index (χ4v) is 3.56. The van der Waals surface area contributed by atoms with Gasteiger partial charge in [0, 0.05) is 25.3 Å².